The maximum Gasteiger partial charge on any atom is 0.435 e. The van der Waals surface area contributed by atoms with E-state index in [2.05, 4.69) is 15.0 Å². The van der Waals surface area contributed by atoms with Crippen molar-refractivity contribution in [2.45, 2.75) is 63.9 Å². The number of aromatic nitrogens is 2. The molecule has 0 bridgehead atoms. The molecule has 14 heteroatoms. The second-order valence-corrected chi connectivity index (χ2v) is 9.33. The molecule has 0 aliphatic carbocycles. The lowest BCUT2D eigenvalue weighted by molar-refractivity contribution is -0.154. The van der Waals surface area contributed by atoms with Crippen LogP contribution in [-0.2, 0) is 26.6 Å². The number of halogens is 6. The van der Waals surface area contributed by atoms with Crippen LogP contribution >= 0.6 is 0 Å². The van der Waals surface area contributed by atoms with Gasteiger partial charge in [0.05, 0.1) is 17.4 Å². The van der Waals surface area contributed by atoms with E-state index in [1.807, 2.05) is 0 Å². The molecular weight excluding hydrogens is 432 g/mol. The maximum atomic E-state index is 13.5. The predicted molar refractivity (Wildman–Crippen MR) is 89.0 cm³/mol. The fourth-order valence-corrected chi connectivity index (χ4v) is 4.03. The molecule has 1 aliphatic rings. The molecule has 0 atom stereocenters. The molecule has 0 unspecified atom stereocenters. The lowest BCUT2D eigenvalue weighted by Crippen LogP contribution is -2.25. The predicted octanol–water partition coefficient (Wildman–Crippen LogP) is 3.85. The van der Waals surface area contributed by atoms with Gasteiger partial charge in [-0.1, -0.05) is 5.16 Å². The molecule has 166 valence electrons. The third-order valence-corrected chi connectivity index (χ3v) is 5.36. The van der Waals surface area contributed by atoms with Crippen LogP contribution in [0.25, 0.3) is 0 Å². The Kier molecular flexibility index (Phi) is 5.91. The molecular formula is C15H19F6N3O4S. The first-order valence-electron chi connectivity index (χ1n) is 8.29. The van der Waals surface area contributed by atoms with E-state index in [0.717, 1.165) is 0 Å². The Balaban J connectivity index is 2.55. The normalized spacial score (nSPS) is 17.4. The van der Waals surface area contributed by atoms with Gasteiger partial charge in [0, 0.05) is 6.42 Å². The molecule has 2 rings (SSSR count). The summed E-state index contributed by atoms with van der Waals surface area (Å²) >= 11 is 0. The Bertz CT molecular complexity index is 900. The molecule has 0 aromatic carbocycles. The average Bonchev–Trinajstić information content (AvgIpc) is 3.04. The summed E-state index contributed by atoms with van der Waals surface area (Å²) in [5.74, 6) is -2.20. The van der Waals surface area contributed by atoms with Crippen LogP contribution in [0.1, 0.15) is 51.4 Å². The van der Waals surface area contributed by atoms with Crippen molar-refractivity contribution in [1.82, 2.24) is 9.78 Å². The number of hydrogen-bond acceptors (Lipinski definition) is 6. The minimum absolute atomic E-state index is 0.201. The van der Waals surface area contributed by atoms with Gasteiger partial charge >= 0.3 is 12.4 Å². The quantitative estimate of drug-likeness (QED) is 0.635. The van der Waals surface area contributed by atoms with Crippen LogP contribution in [-0.4, -0.2) is 41.6 Å². The third kappa shape index (κ3) is 5.54. The number of rotatable bonds is 5. The van der Waals surface area contributed by atoms with E-state index in [1.54, 1.807) is 0 Å². The van der Waals surface area contributed by atoms with Crippen molar-refractivity contribution < 1.29 is 44.3 Å². The number of hydrogen-bond donors (Lipinski definition) is 0. The van der Waals surface area contributed by atoms with Gasteiger partial charge in [0.15, 0.2) is 27.2 Å². The van der Waals surface area contributed by atoms with Crippen molar-refractivity contribution in [1.29, 1.82) is 0 Å². The van der Waals surface area contributed by atoms with E-state index < -0.39 is 68.4 Å². The molecule has 1 aromatic heterocycles. The Morgan fingerprint density at radius 1 is 1.21 bits per heavy atom. The molecule has 0 amide bonds. The number of sulfone groups is 1. The lowest BCUT2D eigenvalue weighted by Gasteiger charge is -2.15. The fraction of sp³-hybridized carbons (Fsp3) is 0.733. The molecule has 2 heterocycles. The average molecular weight is 451 g/mol. The standard InChI is InChI=1S/C15H19F6N3O4S/c1-8(2)24-12(27-7-14(16,17)18)9(11(22-24)15(19,20)21)6-29(25,26)10-5-13(3,4)28-23-10/h8H,5-7H2,1-4H3. The van der Waals surface area contributed by atoms with Gasteiger partial charge in [-0.05, 0) is 27.7 Å². The molecule has 0 N–H and O–H groups in total. The van der Waals surface area contributed by atoms with E-state index in [0.29, 0.717) is 4.68 Å². The minimum Gasteiger partial charge on any atom is -0.468 e. The molecule has 0 saturated carbocycles. The summed E-state index contributed by atoms with van der Waals surface area (Å²) in [4.78, 5) is 4.93. The Hall–Kier alpha value is -1.99. The van der Waals surface area contributed by atoms with Gasteiger partial charge in [0.1, 0.15) is 5.60 Å². The Morgan fingerprint density at radius 3 is 2.21 bits per heavy atom. The molecule has 0 saturated heterocycles. The van der Waals surface area contributed by atoms with Crippen molar-refractivity contribution in [2.24, 2.45) is 5.16 Å². The smallest absolute Gasteiger partial charge is 0.435 e. The zero-order chi connectivity index (χ0) is 22.4. The van der Waals surface area contributed by atoms with Crippen molar-refractivity contribution in [2.75, 3.05) is 6.61 Å². The van der Waals surface area contributed by atoms with Crippen molar-refractivity contribution in [3.8, 4) is 5.88 Å². The second kappa shape index (κ2) is 7.36. The number of ether oxygens (including phenoxy) is 1. The molecule has 0 spiro atoms. The Morgan fingerprint density at radius 2 is 1.79 bits per heavy atom. The van der Waals surface area contributed by atoms with Crippen molar-refractivity contribution in [3.63, 3.8) is 0 Å². The second-order valence-electron chi connectivity index (χ2n) is 7.34. The summed E-state index contributed by atoms with van der Waals surface area (Å²) in [7, 11) is -4.45. The minimum atomic E-state index is -5.12. The van der Waals surface area contributed by atoms with Crippen molar-refractivity contribution >= 4 is 14.9 Å². The zero-order valence-electron chi connectivity index (χ0n) is 15.8. The summed E-state index contributed by atoms with van der Waals surface area (Å²) in [5, 5.41) is 6.18. The third-order valence-electron chi connectivity index (χ3n) is 3.75. The first-order chi connectivity index (χ1) is 12.9. The van der Waals surface area contributed by atoms with Crippen LogP contribution in [0.4, 0.5) is 26.3 Å². The zero-order valence-corrected chi connectivity index (χ0v) is 16.7. The SMILES string of the molecule is CC(C)n1nc(C(F)(F)F)c(CS(=O)(=O)C2=NOC(C)(C)C2)c1OCC(F)(F)F. The van der Waals surface area contributed by atoms with E-state index in [-0.39, 0.29) is 6.42 Å². The molecule has 1 aliphatic heterocycles. The fourth-order valence-electron chi connectivity index (χ4n) is 2.51. The lowest BCUT2D eigenvalue weighted by atomic mass is 10.1. The molecule has 1 aromatic rings. The van der Waals surface area contributed by atoms with Crippen LogP contribution in [0.3, 0.4) is 0 Å². The van der Waals surface area contributed by atoms with Gasteiger partial charge in [-0.25, -0.2) is 13.1 Å². The number of oxime groups is 1. The summed E-state index contributed by atoms with van der Waals surface area (Å²) in [6.07, 6.45) is -10.2. The monoisotopic (exact) mass is 451 g/mol. The van der Waals surface area contributed by atoms with Gasteiger partial charge in [0.25, 0.3) is 0 Å². The van der Waals surface area contributed by atoms with E-state index in [4.69, 9.17) is 4.84 Å². The molecule has 7 nitrogen and oxygen atoms in total. The molecule has 0 fully saturated rings. The van der Waals surface area contributed by atoms with Gasteiger partial charge in [-0.2, -0.15) is 31.4 Å². The summed E-state index contributed by atoms with van der Waals surface area (Å²) < 4.78 is 108. The summed E-state index contributed by atoms with van der Waals surface area (Å²) in [6, 6.07) is -0.832. The van der Waals surface area contributed by atoms with Crippen LogP contribution in [0.15, 0.2) is 5.16 Å². The first kappa shape index (κ1) is 23.3. The largest absolute Gasteiger partial charge is 0.468 e. The van der Waals surface area contributed by atoms with Crippen LogP contribution < -0.4 is 4.74 Å². The van der Waals surface area contributed by atoms with Gasteiger partial charge in [0.2, 0.25) is 5.88 Å². The van der Waals surface area contributed by atoms with Crippen molar-refractivity contribution in [3.05, 3.63) is 11.3 Å². The van der Waals surface area contributed by atoms with E-state index >= 15 is 0 Å². The number of nitrogens with zero attached hydrogens (tertiary/aromatic N) is 3. The highest BCUT2D eigenvalue weighted by Gasteiger charge is 2.44. The summed E-state index contributed by atoms with van der Waals surface area (Å²) in [6.45, 7) is 3.86. The first-order valence-corrected chi connectivity index (χ1v) is 9.94. The van der Waals surface area contributed by atoms with Crippen LogP contribution in [0.2, 0.25) is 0 Å². The highest BCUT2D eigenvalue weighted by molar-refractivity contribution is 8.05. The number of alkyl halides is 6. The van der Waals surface area contributed by atoms with Gasteiger partial charge in [-0.15, -0.1) is 0 Å². The van der Waals surface area contributed by atoms with Crippen LogP contribution in [0, 0.1) is 0 Å². The topological polar surface area (TPSA) is 82.8 Å². The Labute approximate surface area is 162 Å². The summed E-state index contributed by atoms with van der Waals surface area (Å²) in [5.41, 5.74) is -3.62. The van der Waals surface area contributed by atoms with Gasteiger partial charge in [-0.3, -0.25) is 0 Å². The maximum absolute atomic E-state index is 13.5. The van der Waals surface area contributed by atoms with E-state index in [1.165, 1.54) is 27.7 Å². The van der Waals surface area contributed by atoms with Gasteiger partial charge < -0.3 is 9.57 Å². The van der Waals surface area contributed by atoms with E-state index in [9.17, 15) is 34.8 Å². The van der Waals surface area contributed by atoms with Crippen LogP contribution in [0.5, 0.6) is 5.88 Å². The molecule has 29 heavy (non-hydrogen) atoms. The molecule has 0 radical (unpaired) electrons. The highest BCUT2D eigenvalue weighted by atomic mass is 32.2. The highest BCUT2D eigenvalue weighted by Crippen LogP contribution is 2.39.